The number of piperidine rings is 1. The molecule has 0 bridgehead atoms. The summed E-state index contributed by atoms with van der Waals surface area (Å²) in [5.74, 6) is 0.516. The summed E-state index contributed by atoms with van der Waals surface area (Å²) in [6.07, 6.45) is 1.89. The van der Waals surface area contributed by atoms with Crippen molar-refractivity contribution >= 4 is 41.8 Å². The quantitative estimate of drug-likeness (QED) is 0.180. The Hall–Kier alpha value is -1.10. The zero-order chi connectivity index (χ0) is 18.9. The SMILES string of the molecule is CCNC(=NCCNC(=O)C(C)(C)C)NC1CCN(CC(N)=O)CC1.I. The minimum absolute atomic E-state index is 0. The van der Waals surface area contributed by atoms with Crippen LogP contribution in [-0.2, 0) is 9.59 Å². The molecule has 1 heterocycles. The van der Waals surface area contributed by atoms with Gasteiger partial charge in [0.15, 0.2) is 5.96 Å². The fraction of sp³-hybridized carbons (Fsp3) is 0.824. The Labute approximate surface area is 174 Å². The zero-order valence-electron chi connectivity index (χ0n) is 16.4. The molecule has 0 radical (unpaired) electrons. The molecule has 9 heteroatoms. The van der Waals surface area contributed by atoms with Gasteiger partial charge in [0.1, 0.15) is 0 Å². The summed E-state index contributed by atoms with van der Waals surface area (Å²) in [5, 5.41) is 9.56. The number of nitrogens with two attached hydrogens (primary N) is 1. The normalized spacial score (nSPS) is 16.5. The monoisotopic (exact) mass is 482 g/mol. The maximum absolute atomic E-state index is 11.8. The van der Waals surface area contributed by atoms with E-state index in [9.17, 15) is 9.59 Å². The second-order valence-corrected chi connectivity index (χ2v) is 7.43. The highest BCUT2D eigenvalue weighted by molar-refractivity contribution is 14.0. The van der Waals surface area contributed by atoms with Gasteiger partial charge in [-0.25, -0.2) is 0 Å². The van der Waals surface area contributed by atoms with Gasteiger partial charge in [0.05, 0.1) is 13.1 Å². The molecular weight excluding hydrogens is 447 g/mol. The number of carbonyl (C=O) groups excluding carboxylic acids is 2. The number of primary amides is 1. The van der Waals surface area contributed by atoms with Gasteiger partial charge in [0.2, 0.25) is 11.8 Å². The summed E-state index contributed by atoms with van der Waals surface area (Å²) in [5.41, 5.74) is 4.86. The van der Waals surface area contributed by atoms with Crippen molar-refractivity contribution in [2.45, 2.75) is 46.6 Å². The standard InChI is InChI=1S/C17H34N6O2.HI/c1-5-19-16(21-9-8-20-15(25)17(2,3)4)22-13-6-10-23(11-7-13)12-14(18)24;/h13H,5-12H2,1-4H3,(H2,18,24)(H,20,25)(H2,19,21,22);1H. The van der Waals surface area contributed by atoms with Crippen LogP contribution in [0.3, 0.4) is 0 Å². The highest BCUT2D eigenvalue weighted by Gasteiger charge is 2.21. The maximum atomic E-state index is 11.8. The van der Waals surface area contributed by atoms with Gasteiger partial charge < -0.3 is 21.7 Å². The predicted octanol–water partition coefficient (Wildman–Crippen LogP) is 0.272. The molecule has 26 heavy (non-hydrogen) atoms. The van der Waals surface area contributed by atoms with E-state index in [1.807, 2.05) is 27.7 Å². The lowest BCUT2D eigenvalue weighted by molar-refractivity contribution is -0.128. The van der Waals surface area contributed by atoms with Gasteiger partial charge in [-0.05, 0) is 19.8 Å². The molecule has 0 saturated carbocycles. The van der Waals surface area contributed by atoms with Crippen molar-refractivity contribution in [3.8, 4) is 0 Å². The van der Waals surface area contributed by atoms with Crippen LogP contribution in [0.5, 0.6) is 0 Å². The Morgan fingerprint density at radius 1 is 1.19 bits per heavy atom. The Balaban J connectivity index is 0.00000625. The lowest BCUT2D eigenvalue weighted by Crippen LogP contribution is -2.50. The zero-order valence-corrected chi connectivity index (χ0v) is 18.8. The second kappa shape index (κ2) is 12.3. The summed E-state index contributed by atoms with van der Waals surface area (Å²) in [7, 11) is 0. The third-order valence-electron chi connectivity index (χ3n) is 4.00. The topological polar surface area (TPSA) is 112 Å². The van der Waals surface area contributed by atoms with E-state index in [-0.39, 0.29) is 41.2 Å². The van der Waals surface area contributed by atoms with Crippen LogP contribution in [0, 0.1) is 5.41 Å². The number of amides is 2. The van der Waals surface area contributed by atoms with E-state index >= 15 is 0 Å². The van der Waals surface area contributed by atoms with Gasteiger partial charge in [-0.2, -0.15) is 0 Å². The molecule has 1 aliphatic rings. The summed E-state index contributed by atoms with van der Waals surface area (Å²) in [4.78, 5) is 29.4. The highest BCUT2D eigenvalue weighted by atomic mass is 127. The summed E-state index contributed by atoms with van der Waals surface area (Å²) in [6, 6.07) is 0.325. The molecule has 1 fully saturated rings. The van der Waals surface area contributed by atoms with Crippen LogP contribution in [0.1, 0.15) is 40.5 Å². The highest BCUT2D eigenvalue weighted by Crippen LogP contribution is 2.12. The molecule has 1 aliphatic heterocycles. The fourth-order valence-corrected chi connectivity index (χ4v) is 2.57. The van der Waals surface area contributed by atoms with E-state index < -0.39 is 0 Å². The smallest absolute Gasteiger partial charge is 0.231 e. The van der Waals surface area contributed by atoms with Gasteiger partial charge in [0.25, 0.3) is 0 Å². The van der Waals surface area contributed by atoms with Crippen molar-refractivity contribution in [2.75, 3.05) is 39.3 Å². The second-order valence-electron chi connectivity index (χ2n) is 7.43. The number of aliphatic imine (C=N–C) groups is 1. The first kappa shape index (κ1) is 24.9. The van der Waals surface area contributed by atoms with Crippen molar-refractivity contribution < 1.29 is 9.59 Å². The van der Waals surface area contributed by atoms with Crippen LogP contribution in [0.15, 0.2) is 4.99 Å². The van der Waals surface area contributed by atoms with Gasteiger partial charge in [0, 0.05) is 37.6 Å². The molecule has 1 rings (SSSR count). The molecule has 0 aromatic rings. The van der Waals surface area contributed by atoms with Gasteiger partial charge in [-0.15, -0.1) is 24.0 Å². The molecule has 2 amide bonds. The Kier molecular flexibility index (Phi) is 11.8. The lowest BCUT2D eigenvalue weighted by Gasteiger charge is -2.32. The lowest BCUT2D eigenvalue weighted by atomic mass is 9.96. The molecule has 0 aromatic carbocycles. The third-order valence-corrected chi connectivity index (χ3v) is 4.00. The van der Waals surface area contributed by atoms with Crippen molar-refractivity contribution in [3.05, 3.63) is 0 Å². The predicted molar refractivity (Wildman–Crippen MR) is 116 cm³/mol. The molecule has 0 aromatic heterocycles. The Morgan fingerprint density at radius 2 is 1.81 bits per heavy atom. The Morgan fingerprint density at radius 3 is 2.31 bits per heavy atom. The van der Waals surface area contributed by atoms with Crippen molar-refractivity contribution in [1.82, 2.24) is 20.9 Å². The number of hydrogen-bond donors (Lipinski definition) is 4. The molecule has 1 saturated heterocycles. The minimum Gasteiger partial charge on any atom is -0.369 e. The summed E-state index contributed by atoms with van der Waals surface area (Å²) < 4.78 is 0. The number of likely N-dealkylation sites (tertiary alicyclic amines) is 1. The molecule has 152 valence electrons. The molecule has 5 N–H and O–H groups in total. The Bertz CT molecular complexity index is 470. The number of hydrogen-bond acceptors (Lipinski definition) is 4. The molecule has 0 spiro atoms. The van der Waals surface area contributed by atoms with E-state index in [2.05, 4.69) is 25.8 Å². The van der Waals surface area contributed by atoms with E-state index in [0.717, 1.165) is 38.4 Å². The average Bonchev–Trinajstić information content (AvgIpc) is 2.51. The number of carbonyl (C=O) groups is 2. The van der Waals surface area contributed by atoms with Gasteiger partial charge >= 0.3 is 0 Å². The first-order chi connectivity index (χ1) is 11.7. The van der Waals surface area contributed by atoms with E-state index in [1.165, 1.54) is 0 Å². The van der Waals surface area contributed by atoms with E-state index in [1.54, 1.807) is 0 Å². The van der Waals surface area contributed by atoms with E-state index in [0.29, 0.717) is 25.7 Å². The van der Waals surface area contributed by atoms with Crippen LogP contribution in [-0.4, -0.2) is 68.0 Å². The fourth-order valence-electron chi connectivity index (χ4n) is 2.57. The average molecular weight is 482 g/mol. The van der Waals surface area contributed by atoms with Crippen LogP contribution >= 0.6 is 24.0 Å². The van der Waals surface area contributed by atoms with E-state index in [4.69, 9.17) is 5.73 Å². The number of nitrogens with zero attached hydrogens (tertiary/aromatic N) is 2. The van der Waals surface area contributed by atoms with Crippen LogP contribution in [0.4, 0.5) is 0 Å². The number of nitrogens with one attached hydrogen (secondary N) is 3. The van der Waals surface area contributed by atoms with Gasteiger partial charge in [-0.3, -0.25) is 19.5 Å². The molecule has 8 nitrogen and oxygen atoms in total. The van der Waals surface area contributed by atoms with Crippen molar-refractivity contribution in [3.63, 3.8) is 0 Å². The molecular formula is C17H35IN6O2. The summed E-state index contributed by atoms with van der Waals surface area (Å²) in [6.45, 7) is 11.5. The van der Waals surface area contributed by atoms with Crippen molar-refractivity contribution in [1.29, 1.82) is 0 Å². The molecule has 0 unspecified atom stereocenters. The first-order valence-corrected chi connectivity index (χ1v) is 9.06. The molecule has 0 aliphatic carbocycles. The van der Waals surface area contributed by atoms with Crippen LogP contribution in [0.25, 0.3) is 0 Å². The summed E-state index contributed by atoms with van der Waals surface area (Å²) >= 11 is 0. The maximum Gasteiger partial charge on any atom is 0.231 e. The first-order valence-electron chi connectivity index (χ1n) is 9.06. The largest absolute Gasteiger partial charge is 0.369 e. The number of rotatable bonds is 7. The number of guanidine groups is 1. The van der Waals surface area contributed by atoms with Gasteiger partial charge in [-0.1, -0.05) is 20.8 Å². The van der Waals surface area contributed by atoms with Crippen LogP contribution in [0.2, 0.25) is 0 Å². The van der Waals surface area contributed by atoms with Crippen molar-refractivity contribution in [2.24, 2.45) is 16.1 Å². The van der Waals surface area contributed by atoms with Crippen LogP contribution < -0.4 is 21.7 Å². The molecule has 0 atom stereocenters. The third kappa shape index (κ3) is 10.1. The number of halogens is 1. The minimum atomic E-state index is -0.384.